The van der Waals surface area contributed by atoms with Crippen molar-refractivity contribution in [3.05, 3.63) is 29.3 Å². The van der Waals surface area contributed by atoms with Crippen LogP contribution in [0.4, 0.5) is 14.5 Å². The molecule has 1 aromatic rings. The van der Waals surface area contributed by atoms with Gasteiger partial charge in [0.2, 0.25) is 0 Å². The number of carboxylic acids is 1. The highest BCUT2D eigenvalue weighted by Crippen LogP contribution is 2.29. The zero-order valence-electron chi connectivity index (χ0n) is 10.7. The maximum absolute atomic E-state index is 13.7. The van der Waals surface area contributed by atoms with Crippen LogP contribution in [0.25, 0.3) is 0 Å². The van der Waals surface area contributed by atoms with Crippen molar-refractivity contribution in [3.63, 3.8) is 0 Å². The number of carboxylic acid groups (broad SMARTS) is 1. The predicted molar refractivity (Wildman–Crippen MR) is 68.1 cm³/mol. The van der Waals surface area contributed by atoms with E-state index in [1.54, 1.807) is 6.07 Å². The predicted octanol–water partition coefficient (Wildman–Crippen LogP) is 2.89. The second-order valence-electron chi connectivity index (χ2n) is 4.96. The van der Waals surface area contributed by atoms with Crippen LogP contribution in [0.15, 0.2) is 12.1 Å². The third-order valence-corrected chi connectivity index (χ3v) is 3.60. The molecule has 1 aromatic carbocycles. The molecular formula is C14H14F2N2O2. The molecular weight excluding hydrogens is 266 g/mol. The SMILES string of the molecule is N#Cc1cc(F)c(NC2CCC(C(=O)O)CC2)c(F)c1. The average Bonchev–Trinajstić information content (AvgIpc) is 2.43. The largest absolute Gasteiger partial charge is 0.481 e. The normalized spacial score (nSPS) is 22.1. The lowest BCUT2D eigenvalue weighted by Crippen LogP contribution is -2.29. The molecule has 2 rings (SSSR count). The zero-order chi connectivity index (χ0) is 14.7. The molecule has 0 amide bonds. The van der Waals surface area contributed by atoms with Crippen LogP contribution in [0.3, 0.4) is 0 Å². The van der Waals surface area contributed by atoms with Crippen molar-refractivity contribution in [3.8, 4) is 6.07 Å². The van der Waals surface area contributed by atoms with Gasteiger partial charge < -0.3 is 10.4 Å². The molecule has 1 aliphatic rings. The highest BCUT2D eigenvalue weighted by molar-refractivity contribution is 5.70. The Morgan fingerprint density at radius 2 is 1.80 bits per heavy atom. The number of hydrogen-bond donors (Lipinski definition) is 2. The fourth-order valence-corrected chi connectivity index (χ4v) is 2.46. The number of aliphatic carboxylic acids is 1. The van der Waals surface area contributed by atoms with Crippen molar-refractivity contribution in [2.45, 2.75) is 31.7 Å². The molecule has 0 bridgehead atoms. The zero-order valence-corrected chi connectivity index (χ0v) is 10.7. The minimum atomic E-state index is -0.820. The van der Waals surface area contributed by atoms with Gasteiger partial charge in [0.05, 0.1) is 17.6 Å². The summed E-state index contributed by atoms with van der Waals surface area (Å²) in [5.74, 6) is -2.80. The van der Waals surface area contributed by atoms with Gasteiger partial charge in [0.1, 0.15) is 5.69 Å². The lowest BCUT2D eigenvalue weighted by atomic mass is 9.86. The van der Waals surface area contributed by atoms with Gasteiger partial charge in [-0.3, -0.25) is 4.79 Å². The first-order chi connectivity index (χ1) is 9.51. The fourth-order valence-electron chi connectivity index (χ4n) is 2.46. The molecule has 1 fully saturated rings. The van der Waals surface area contributed by atoms with Gasteiger partial charge in [-0.2, -0.15) is 5.26 Å². The first-order valence-electron chi connectivity index (χ1n) is 6.39. The van der Waals surface area contributed by atoms with E-state index in [0.29, 0.717) is 25.7 Å². The van der Waals surface area contributed by atoms with Crippen LogP contribution in [-0.2, 0) is 4.79 Å². The van der Waals surface area contributed by atoms with Crippen LogP contribution in [0, 0.1) is 28.9 Å². The number of benzene rings is 1. The number of nitriles is 1. The van der Waals surface area contributed by atoms with Gasteiger partial charge in [0.25, 0.3) is 0 Å². The van der Waals surface area contributed by atoms with Crippen molar-refractivity contribution in [1.82, 2.24) is 0 Å². The summed E-state index contributed by atoms with van der Waals surface area (Å²) in [6, 6.07) is 3.50. The summed E-state index contributed by atoms with van der Waals surface area (Å²) < 4.78 is 27.4. The molecule has 0 atom stereocenters. The van der Waals surface area contributed by atoms with Gasteiger partial charge in [0.15, 0.2) is 11.6 Å². The second kappa shape index (κ2) is 5.87. The molecule has 0 heterocycles. The van der Waals surface area contributed by atoms with Crippen LogP contribution in [0.1, 0.15) is 31.2 Å². The Bertz CT molecular complexity index is 538. The Hall–Kier alpha value is -2.16. The van der Waals surface area contributed by atoms with Crippen molar-refractivity contribution in [2.75, 3.05) is 5.32 Å². The Morgan fingerprint density at radius 3 is 2.25 bits per heavy atom. The van der Waals surface area contributed by atoms with Gasteiger partial charge in [0, 0.05) is 6.04 Å². The van der Waals surface area contributed by atoms with Crippen LogP contribution >= 0.6 is 0 Å². The van der Waals surface area contributed by atoms with E-state index in [0.717, 1.165) is 12.1 Å². The number of nitrogens with zero attached hydrogens (tertiary/aromatic N) is 1. The van der Waals surface area contributed by atoms with Crippen LogP contribution in [0.5, 0.6) is 0 Å². The first kappa shape index (κ1) is 14.3. The van der Waals surface area contributed by atoms with Crippen molar-refractivity contribution >= 4 is 11.7 Å². The summed E-state index contributed by atoms with van der Waals surface area (Å²) in [4.78, 5) is 10.8. The molecule has 0 unspecified atom stereocenters. The Morgan fingerprint density at radius 1 is 1.25 bits per heavy atom. The van der Waals surface area contributed by atoms with Crippen LogP contribution in [-0.4, -0.2) is 17.1 Å². The first-order valence-corrected chi connectivity index (χ1v) is 6.39. The maximum atomic E-state index is 13.7. The highest BCUT2D eigenvalue weighted by Gasteiger charge is 2.26. The third-order valence-electron chi connectivity index (χ3n) is 3.60. The maximum Gasteiger partial charge on any atom is 0.306 e. The van der Waals surface area contributed by atoms with Crippen LogP contribution < -0.4 is 5.32 Å². The summed E-state index contributed by atoms with van der Waals surface area (Å²) in [5, 5.41) is 20.3. The number of rotatable bonds is 3. The smallest absolute Gasteiger partial charge is 0.306 e. The third kappa shape index (κ3) is 3.05. The van der Waals surface area contributed by atoms with Gasteiger partial charge in [-0.15, -0.1) is 0 Å². The van der Waals surface area contributed by atoms with Crippen molar-refractivity contribution in [2.24, 2.45) is 5.92 Å². The number of carbonyl (C=O) groups is 1. The van der Waals surface area contributed by atoms with E-state index in [2.05, 4.69) is 5.32 Å². The van der Waals surface area contributed by atoms with E-state index in [1.165, 1.54) is 0 Å². The fraction of sp³-hybridized carbons (Fsp3) is 0.429. The molecule has 1 saturated carbocycles. The standard InChI is InChI=1S/C14H14F2N2O2/c15-11-5-8(7-17)6-12(16)13(11)18-10-3-1-9(2-4-10)14(19)20/h5-6,9-10,18H,1-4H2,(H,19,20). The van der Waals surface area contributed by atoms with E-state index < -0.39 is 17.6 Å². The minimum absolute atomic E-state index is 0.0693. The molecule has 106 valence electrons. The molecule has 0 radical (unpaired) electrons. The average molecular weight is 280 g/mol. The molecule has 1 aliphatic carbocycles. The minimum Gasteiger partial charge on any atom is -0.481 e. The molecule has 20 heavy (non-hydrogen) atoms. The lowest BCUT2D eigenvalue weighted by molar-refractivity contribution is -0.142. The highest BCUT2D eigenvalue weighted by atomic mass is 19.1. The molecule has 0 saturated heterocycles. The van der Waals surface area contributed by atoms with E-state index >= 15 is 0 Å². The number of nitrogens with one attached hydrogen (secondary N) is 1. The van der Waals surface area contributed by atoms with E-state index in [1.807, 2.05) is 0 Å². The summed E-state index contributed by atoms with van der Waals surface area (Å²) in [7, 11) is 0. The van der Waals surface area contributed by atoms with E-state index in [-0.39, 0.29) is 23.2 Å². The van der Waals surface area contributed by atoms with Crippen LogP contribution in [0.2, 0.25) is 0 Å². The van der Waals surface area contributed by atoms with Gasteiger partial charge in [-0.1, -0.05) is 0 Å². The molecule has 0 spiro atoms. The Labute approximate surface area is 115 Å². The quantitative estimate of drug-likeness (QED) is 0.892. The lowest BCUT2D eigenvalue weighted by Gasteiger charge is -2.27. The molecule has 0 aliphatic heterocycles. The molecule has 6 heteroatoms. The van der Waals surface area contributed by atoms with E-state index in [9.17, 15) is 13.6 Å². The number of hydrogen-bond acceptors (Lipinski definition) is 3. The summed E-state index contributed by atoms with van der Waals surface area (Å²) >= 11 is 0. The molecule has 2 N–H and O–H groups in total. The van der Waals surface area contributed by atoms with Gasteiger partial charge >= 0.3 is 5.97 Å². The topological polar surface area (TPSA) is 73.1 Å². The Kier molecular flexibility index (Phi) is 4.18. The molecule has 0 aromatic heterocycles. The summed E-state index contributed by atoms with van der Waals surface area (Å²) in [6.45, 7) is 0. The van der Waals surface area contributed by atoms with Gasteiger partial charge in [-0.05, 0) is 37.8 Å². The number of halogens is 2. The summed E-state index contributed by atoms with van der Waals surface area (Å²) in [6.07, 6.45) is 2.09. The second-order valence-corrected chi connectivity index (χ2v) is 4.96. The number of anilines is 1. The van der Waals surface area contributed by atoms with Gasteiger partial charge in [-0.25, -0.2) is 8.78 Å². The van der Waals surface area contributed by atoms with E-state index in [4.69, 9.17) is 10.4 Å². The summed E-state index contributed by atoms with van der Waals surface area (Å²) in [5.41, 5.74) is -0.317. The Balaban J connectivity index is 2.05. The molecule has 4 nitrogen and oxygen atoms in total. The van der Waals surface area contributed by atoms with Crippen molar-refractivity contribution < 1.29 is 18.7 Å². The van der Waals surface area contributed by atoms with Crippen molar-refractivity contribution in [1.29, 1.82) is 5.26 Å². The monoisotopic (exact) mass is 280 g/mol.